The lowest BCUT2D eigenvalue weighted by molar-refractivity contribution is -0.148. The first-order valence-corrected chi connectivity index (χ1v) is 7.37. The number of hydrogen-bond donors (Lipinski definition) is 2. The van der Waals surface area contributed by atoms with Crippen molar-refractivity contribution < 1.29 is 19.5 Å². The number of nitrogens with zero attached hydrogens (tertiary/aromatic N) is 1. The average molecular weight is 282 g/mol. The molecule has 0 aromatic rings. The number of amides is 2. The molecule has 0 radical (unpaired) electrons. The lowest BCUT2D eigenvalue weighted by atomic mass is 10.0. The highest BCUT2D eigenvalue weighted by Gasteiger charge is 2.33. The Kier molecular flexibility index (Phi) is 4.98. The van der Waals surface area contributed by atoms with Gasteiger partial charge in [-0.05, 0) is 31.6 Å². The van der Waals surface area contributed by atoms with E-state index in [1.165, 1.54) is 17.7 Å². The van der Waals surface area contributed by atoms with Crippen LogP contribution in [0.1, 0.15) is 44.9 Å². The van der Waals surface area contributed by atoms with Gasteiger partial charge in [-0.3, -0.25) is 9.59 Å². The summed E-state index contributed by atoms with van der Waals surface area (Å²) in [5.41, 5.74) is 0. The summed E-state index contributed by atoms with van der Waals surface area (Å²) in [6.45, 7) is 0.379. The molecule has 1 aliphatic heterocycles. The maximum atomic E-state index is 11.9. The van der Waals surface area contributed by atoms with Gasteiger partial charge in [-0.2, -0.15) is 0 Å². The molecule has 1 atom stereocenters. The van der Waals surface area contributed by atoms with Crippen LogP contribution in [0.4, 0.5) is 0 Å². The molecular weight excluding hydrogens is 260 g/mol. The molecule has 2 fully saturated rings. The Balaban J connectivity index is 1.73. The van der Waals surface area contributed by atoms with E-state index in [2.05, 4.69) is 5.32 Å². The number of rotatable bonds is 5. The van der Waals surface area contributed by atoms with Gasteiger partial charge >= 0.3 is 5.97 Å². The van der Waals surface area contributed by atoms with Crippen molar-refractivity contribution in [2.24, 2.45) is 5.92 Å². The molecule has 0 aromatic heterocycles. The van der Waals surface area contributed by atoms with Crippen LogP contribution in [0.15, 0.2) is 0 Å². The highest BCUT2D eigenvalue weighted by Crippen LogP contribution is 2.27. The number of carboxylic acids is 1. The van der Waals surface area contributed by atoms with Gasteiger partial charge in [0.25, 0.3) is 0 Å². The van der Waals surface area contributed by atoms with Crippen molar-refractivity contribution >= 4 is 17.8 Å². The smallest absolute Gasteiger partial charge is 0.326 e. The number of carbonyl (C=O) groups excluding carboxylic acids is 2. The van der Waals surface area contributed by atoms with Crippen LogP contribution in [-0.4, -0.2) is 46.9 Å². The van der Waals surface area contributed by atoms with Crippen molar-refractivity contribution in [3.8, 4) is 0 Å². The Hall–Kier alpha value is -1.59. The first kappa shape index (κ1) is 14.8. The minimum atomic E-state index is -0.965. The van der Waals surface area contributed by atoms with Gasteiger partial charge in [-0.25, -0.2) is 4.79 Å². The molecule has 1 unspecified atom stereocenters. The third kappa shape index (κ3) is 3.71. The topological polar surface area (TPSA) is 86.7 Å². The zero-order chi connectivity index (χ0) is 14.5. The normalized spacial score (nSPS) is 23.0. The Labute approximate surface area is 118 Å². The van der Waals surface area contributed by atoms with Crippen LogP contribution >= 0.6 is 0 Å². The van der Waals surface area contributed by atoms with Crippen LogP contribution in [0.5, 0.6) is 0 Å². The second kappa shape index (κ2) is 6.72. The summed E-state index contributed by atoms with van der Waals surface area (Å²) in [5, 5.41) is 11.6. The fourth-order valence-electron chi connectivity index (χ4n) is 3.15. The molecule has 6 nitrogen and oxygen atoms in total. The van der Waals surface area contributed by atoms with Gasteiger partial charge in [0.2, 0.25) is 11.8 Å². The Morgan fingerprint density at radius 2 is 1.80 bits per heavy atom. The van der Waals surface area contributed by atoms with Crippen molar-refractivity contribution in [3.05, 3.63) is 0 Å². The van der Waals surface area contributed by atoms with Crippen LogP contribution in [-0.2, 0) is 14.4 Å². The molecule has 1 aliphatic carbocycles. The van der Waals surface area contributed by atoms with Gasteiger partial charge < -0.3 is 15.3 Å². The summed E-state index contributed by atoms with van der Waals surface area (Å²) in [4.78, 5) is 36.0. The summed E-state index contributed by atoms with van der Waals surface area (Å²) < 4.78 is 0. The molecule has 112 valence electrons. The van der Waals surface area contributed by atoms with E-state index in [1.54, 1.807) is 0 Å². The second-order valence-corrected chi connectivity index (χ2v) is 5.71. The quantitative estimate of drug-likeness (QED) is 0.779. The Bertz CT molecular complexity index is 391. The average Bonchev–Trinajstić information content (AvgIpc) is 3.06. The van der Waals surface area contributed by atoms with Crippen molar-refractivity contribution in [2.75, 3.05) is 13.1 Å². The van der Waals surface area contributed by atoms with Crippen LogP contribution in [0.3, 0.4) is 0 Å². The second-order valence-electron chi connectivity index (χ2n) is 5.71. The fraction of sp³-hybridized carbons (Fsp3) is 0.786. The van der Waals surface area contributed by atoms with Crippen LogP contribution in [0, 0.1) is 5.92 Å². The van der Waals surface area contributed by atoms with Crippen molar-refractivity contribution in [3.63, 3.8) is 0 Å². The molecular formula is C14H22N2O4. The van der Waals surface area contributed by atoms with Crippen molar-refractivity contribution in [1.29, 1.82) is 0 Å². The van der Waals surface area contributed by atoms with E-state index in [9.17, 15) is 14.4 Å². The van der Waals surface area contributed by atoms with Gasteiger partial charge in [0.1, 0.15) is 6.04 Å². The molecule has 0 aromatic carbocycles. The van der Waals surface area contributed by atoms with Crippen LogP contribution < -0.4 is 5.32 Å². The summed E-state index contributed by atoms with van der Waals surface area (Å²) >= 11 is 0. The maximum Gasteiger partial charge on any atom is 0.326 e. The van der Waals surface area contributed by atoms with Crippen LogP contribution in [0.25, 0.3) is 0 Å². The highest BCUT2D eigenvalue weighted by atomic mass is 16.4. The predicted octanol–water partition coefficient (Wildman–Crippen LogP) is 0.758. The largest absolute Gasteiger partial charge is 0.480 e. The number of likely N-dealkylation sites (tertiary alicyclic amines) is 1. The first-order chi connectivity index (χ1) is 9.58. The van der Waals surface area contributed by atoms with E-state index >= 15 is 0 Å². The zero-order valence-corrected chi connectivity index (χ0v) is 11.6. The van der Waals surface area contributed by atoms with E-state index in [-0.39, 0.29) is 18.4 Å². The molecule has 1 saturated heterocycles. The Morgan fingerprint density at radius 1 is 1.10 bits per heavy atom. The number of carbonyl (C=O) groups is 3. The molecule has 6 heteroatoms. The third-order valence-corrected chi connectivity index (χ3v) is 4.24. The third-order valence-electron chi connectivity index (χ3n) is 4.24. The minimum Gasteiger partial charge on any atom is -0.480 e. The van der Waals surface area contributed by atoms with E-state index in [0.717, 1.165) is 12.8 Å². The molecule has 2 rings (SSSR count). The molecule has 1 saturated carbocycles. The summed E-state index contributed by atoms with van der Waals surface area (Å²) in [6, 6.07) is -0.728. The first-order valence-electron chi connectivity index (χ1n) is 7.37. The van der Waals surface area contributed by atoms with E-state index < -0.39 is 12.0 Å². The van der Waals surface area contributed by atoms with E-state index in [0.29, 0.717) is 31.7 Å². The summed E-state index contributed by atoms with van der Waals surface area (Å²) in [5.74, 6) is -0.914. The molecule has 0 bridgehead atoms. The predicted molar refractivity (Wildman–Crippen MR) is 72.0 cm³/mol. The van der Waals surface area contributed by atoms with Gasteiger partial charge in [-0.15, -0.1) is 0 Å². The molecule has 1 heterocycles. The van der Waals surface area contributed by atoms with Gasteiger partial charge in [0.05, 0.1) is 6.54 Å². The van der Waals surface area contributed by atoms with E-state index in [4.69, 9.17) is 5.11 Å². The van der Waals surface area contributed by atoms with Gasteiger partial charge in [0, 0.05) is 13.0 Å². The lowest BCUT2D eigenvalue weighted by Gasteiger charge is -2.21. The molecule has 2 N–H and O–H groups in total. The fourth-order valence-corrected chi connectivity index (χ4v) is 3.15. The molecule has 2 aliphatic rings. The lowest BCUT2D eigenvalue weighted by Crippen LogP contribution is -2.45. The minimum absolute atomic E-state index is 0.0880. The summed E-state index contributed by atoms with van der Waals surface area (Å²) in [7, 11) is 0. The molecule has 20 heavy (non-hydrogen) atoms. The Morgan fingerprint density at radius 3 is 2.45 bits per heavy atom. The van der Waals surface area contributed by atoms with Crippen molar-refractivity contribution in [1.82, 2.24) is 10.2 Å². The number of carboxylic acid groups (broad SMARTS) is 1. The SMILES string of the molecule is O=C(CC1CCCC1)NCC(=O)N1CCCC1C(=O)O. The zero-order valence-electron chi connectivity index (χ0n) is 11.6. The number of nitrogens with one attached hydrogen (secondary N) is 1. The maximum absolute atomic E-state index is 11.9. The monoisotopic (exact) mass is 282 g/mol. The van der Waals surface area contributed by atoms with Crippen molar-refractivity contribution in [2.45, 2.75) is 51.0 Å². The molecule has 0 spiro atoms. The summed E-state index contributed by atoms with van der Waals surface area (Å²) in [6.07, 6.45) is 6.24. The van der Waals surface area contributed by atoms with Crippen LogP contribution in [0.2, 0.25) is 0 Å². The number of hydrogen-bond acceptors (Lipinski definition) is 3. The standard InChI is InChI=1S/C14H22N2O4/c17-12(8-10-4-1-2-5-10)15-9-13(18)16-7-3-6-11(16)14(19)20/h10-11H,1-9H2,(H,15,17)(H,19,20). The molecule has 2 amide bonds. The van der Waals surface area contributed by atoms with Gasteiger partial charge in [-0.1, -0.05) is 12.8 Å². The van der Waals surface area contributed by atoms with Gasteiger partial charge in [0.15, 0.2) is 0 Å². The highest BCUT2D eigenvalue weighted by molar-refractivity contribution is 5.88. The number of aliphatic carboxylic acids is 1. The van der Waals surface area contributed by atoms with E-state index in [1.807, 2.05) is 0 Å².